The average Bonchev–Trinajstić information content (AvgIpc) is 3.31. The first-order valence-corrected chi connectivity index (χ1v) is 8.24. The zero-order chi connectivity index (χ0) is 16.7. The van der Waals surface area contributed by atoms with Crippen molar-refractivity contribution < 1.29 is 18.4 Å². The molecular formula is C17H18FN3O3. The number of carbonyl (C=O) groups is 1. The van der Waals surface area contributed by atoms with Crippen molar-refractivity contribution in [2.24, 2.45) is 0 Å². The summed E-state index contributed by atoms with van der Waals surface area (Å²) in [7, 11) is 0. The van der Waals surface area contributed by atoms with Crippen LogP contribution in [-0.4, -0.2) is 33.6 Å². The van der Waals surface area contributed by atoms with Gasteiger partial charge in [-0.25, -0.2) is 4.39 Å². The summed E-state index contributed by atoms with van der Waals surface area (Å²) in [6.45, 7) is 2.56. The Kier molecular flexibility index (Phi) is 3.70. The molecular weight excluding hydrogens is 313 g/mol. The van der Waals surface area contributed by atoms with E-state index in [2.05, 4.69) is 10.1 Å². The molecule has 6 nitrogen and oxygen atoms in total. The molecule has 2 aliphatic rings. The highest BCUT2D eigenvalue weighted by atomic mass is 19.1. The first-order valence-electron chi connectivity index (χ1n) is 8.24. The number of hydrogen-bond donors (Lipinski definition) is 0. The molecule has 2 aromatic rings. The minimum absolute atomic E-state index is 0.143. The number of carbonyl (C=O) groups excluding carboxylic acids is 1. The van der Waals surface area contributed by atoms with Crippen LogP contribution in [0.1, 0.15) is 43.1 Å². The normalized spacial score (nSPS) is 22.5. The fourth-order valence-corrected chi connectivity index (χ4v) is 3.40. The van der Waals surface area contributed by atoms with Gasteiger partial charge in [0.15, 0.2) is 23.5 Å². The van der Waals surface area contributed by atoms with Gasteiger partial charge in [-0.2, -0.15) is 4.98 Å². The molecule has 3 heterocycles. The zero-order valence-corrected chi connectivity index (χ0v) is 13.4. The molecule has 0 saturated carbocycles. The molecule has 1 aromatic heterocycles. The van der Waals surface area contributed by atoms with Gasteiger partial charge in [0.05, 0.1) is 6.04 Å². The van der Waals surface area contributed by atoms with E-state index in [1.807, 2.05) is 6.92 Å². The number of aromatic nitrogens is 2. The lowest BCUT2D eigenvalue weighted by Gasteiger charge is -2.25. The Morgan fingerprint density at radius 1 is 1.46 bits per heavy atom. The summed E-state index contributed by atoms with van der Waals surface area (Å²) in [6.07, 6.45) is 2.04. The Morgan fingerprint density at radius 3 is 3.08 bits per heavy atom. The molecule has 0 spiro atoms. The second-order valence-corrected chi connectivity index (χ2v) is 6.13. The van der Waals surface area contributed by atoms with E-state index in [9.17, 15) is 9.18 Å². The third-order valence-electron chi connectivity index (χ3n) is 4.61. The van der Waals surface area contributed by atoms with Crippen LogP contribution in [-0.2, 0) is 17.6 Å². The van der Waals surface area contributed by atoms with Gasteiger partial charge < -0.3 is 14.2 Å². The molecule has 2 aliphatic heterocycles. The predicted octanol–water partition coefficient (Wildman–Crippen LogP) is 2.44. The van der Waals surface area contributed by atoms with Crippen molar-refractivity contribution in [2.45, 2.75) is 44.8 Å². The summed E-state index contributed by atoms with van der Waals surface area (Å²) >= 11 is 0. The number of likely N-dealkylation sites (tertiary alicyclic amines) is 1. The van der Waals surface area contributed by atoms with E-state index in [1.54, 1.807) is 17.0 Å². The van der Waals surface area contributed by atoms with E-state index >= 15 is 0 Å². The van der Waals surface area contributed by atoms with Crippen molar-refractivity contribution in [3.8, 4) is 5.75 Å². The van der Waals surface area contributed by atoms with Crippen molar-refractivity contribution >= 4 is 5.91 Å². The summed E-state index contributed by atoms with van der Waals surface area (Å²) in [4.78, 5) is 19.0. The second kappa shape index (κ2) is 5.89. The van der Waals surface area contributed by atoms with E-state index in [0.717, 1.165) is 18.4 Å². The van der Waals surface area contributed by atoms with Crippen LogP contribution < -0.4 is 4.74 Å². The molecule has 0 N–H and O–H groups in total. The van der Waals surface area contributed by atoms with E-state index in [1.165, 1.54) is 6.07 Å². The Bertz CT molecular complexity index is 776. The Labute approximate surface area is 138 Å². The highest BCUT2D eigenvalue weighted by Crippen LogP contribution is 2.35. The molecule has 1 amide bonds. The summed E-state index contributed by atoms with van der Waals surface area (Å²) < 4.78 is 24.6. The van der Waals surface area contributed by atoms with Crippen LogP contribution in [0, 0.1) is 5.82 Å². The number of aryl methyl sites for hydroxylation is 1. The van der Waals surface area contributed by atoms with Crippen molar-refractivity contribution in [1.82, 2.24) is 15.0 Å². The number of benzene rings is 1. The van der Waals surface area contributed by atoms with E-state index < -0.39 is 11.9 Å². The van der Waals surface area contributed by atoms with Gasteiger partial charge in [0.1, 0.15) is 0 Å². The van der Waals surface area contributed by atoms with Gasteiger partial charge in [-0.05, 0) is 18.9 Å². The molecule has 0 bridgehead atoms. The lowest BCUT2D eigenvalue weighted by Crippen LogP contribution is -2.41. The van der Waals surface area contributed by atoms with Crippen molar-refractivity contribution in [2.75, 3.05) is 6.54 Å². The molecule has 1 aromatic carbocycles. The maximum Gasteiger partial charge on any atom is 0.264 e. The molecule has 0 aliphatic carbocycles. The molecule has 4 rings (SSSR count). The Morgan fingerprint density at radius 2 is 2.33 bits per heavy atom. The van der Waals surface area contributed by atoms with E-state index in [-0.39, 0.29) is 17.7 Å². The number of rotatable bonds is 3. The first kappa shape index (κ1) is 15.1. The van der Waals surface area contributed by atoms with Crippen molar-refractivity contribution in [3.63, 3.8) is 0 Å². The van der Waals surface area contributed by atoms with E-state index in [4.69, 9.17) is 9.26 Å². The topological polar surface area (TPSA) is 68.5 Å². The van der Waals surface area contributed by atoms with Crippen LogP contribution in [0.4, 0.5) is 4.39 Å². The minimum Gasteiger partial charge on any atom is -0.477 e. The summed E-state index contributed by atoms with van der Waals surface area (Å²) in [6, 6.07) is 4.57. The molecule has 7 heteroatoms. The van der Waals surface area contributed by atoms with Gasteiger partial charge >= 0.3 is 0 Å². The average molecular weight is 331 g/mol. The molecule has 1 fully saturated rings. The van der Waals surface area contributed by atoms with Crippen molar-refractivity contribution in [3.05, 3.63) is 41.3 Å². The van der Waals surface area contributed by atoms with Crippen LogP contribution >= 0.6 is 0 Å². The molecule has 126 valence electrons. The first-order chi connectivity index (χ1) is 11.7. The van der Waals surface area contributed by atoms with Gasteiger partial charge in [0.2, 0.25) is 5.89 Å². The molecule has 24 heavy (non-hydrogen) atoms. The standard InChI is InChI=1S/C17H18FN3O3/c1-2-14-19-16(20-24-14)12-7-4-8-21(12)17(22)13-9-10-5-3-6-11(18)15(10)23-13/h3,5-6,12-13H,2,4,7-9H2,1H3. The summed E-state index contributed by atoms with van der Waals surface area (Å²) in [5, 5.41) is 4.00. The van der Waals surface area contributed by atoms with Crippen molar-refractivity contribution in [1.29, 1.82) is 0 Å². The summed E-state index contributed by atoms with van der Waals surface area (Å²) in [5.74, 6) is 0.734. The van der Waals surface area contributed by atoms with Crippen LogP contribution in [0.15, 0.2) is 22.7 Å². The van der Waals surface area contributed by atoms with Crippen LogP contribution in [0.5, 0.6) is 5.75 Å². The Hall–Kier alpha value is -2.44. The zero-order valence-electron chi connectivity index (χ0n) is 13.4. The Balaban J connectivity index is 1.53. The number of amides is 1. The second-order valence-electron chi connectivity index (χ2n) is 6.13. The maximum absolute atomic E-state index is 13.8. The lowest BCUT2D eigenvalue weighted by molar-refractivity contribution is -0.139. The third kappa shape index (κ3) is 2.44. The molecule has 2 unspecified atom stereocenters. The van der Waals surface area contributed by atoms with Gasteiger partial charge in [-0.3, -0.25) is 4.79 Å². The van der Waals surface area contributed by atoms with Crippen LogP contribution in [0.2, 0.25) is 0 Å². The monoisotopic (exact) mass is 331 g/mol. The van der Waals surface area contributed by atoms with Gasteiger partial charge in [-0.1, -0.05) is 24.2 Å². The third-order valence-corrected chi connectivity index (χ3v) is 4.61. The van der Waals surface area contributed by atoms with Crippen LogP contribution in [0.3, 0.4) is 0 Å². The van der Waals surface area contributed by atoms with Gasteiger partial charge in [0.25, 0.3) is 5.91 Å². The fourth-order valence-electron chi connectivity index (χ4n) is 3.40. The number of hydrogen-bond acceptors (Lipinski definition) is 5. The number of ether oxygens (including phenoxy) is 1. The predicted molar refractivity (Wildman–Crippen MR) is 81.9 cm³/mol. The summed E-state index contributed by atoms with van der Waals surface area (Å²) in [5.41, 5.74) is 0.733. The highest BCUT2D eigenvalue weighted by molar-refractivity contribution is 5.83. The number of halogens is 1. The maximum atomic E-state index is 13.8. The van der Waals surface area contributed by atoms with E-state index in [0.29, 0.717) is 31.1 Å². The number of nitrogens with zero attached hydrogens (tertiary/aromatic N) is 3. The number of fused-ring (bicyclic) bond motifs is 1. The smallest absolute Gasteiger partial charge is 0.264 e. The lowest BCUT2D eigenvalue weighted by atomic mass is 10.1. The molecule has 1 saturated heterocycles. The SMILES string of the molecule is CCc1nc(C2CCCN2C(=O)C2Cc3cccc(F)c3O2)no1. The molecule has 0 radical (unpaired) electrons. The van der Waals surface area contributed by atoms with Crippen LogP contribution in [0.25, 0.3) is 0 Å². The minimum atomic E-state index is -0.685. The highest BCUT2D eigenvalue weighted by Gasteiger charge is 2.40. The van der Waals surface area contributed by atoms with Gasteiger partial charge in [0, 0.05) is 24.9 Å². The quantitative estimate of drug-likeness (QED) is 0.864. The largest absolute Gasteiger partial charge is 0.477 e. The fraction of sp³-hybridized carbons (Fsp3) is 0.471. The number of para-hydroxylation sites is 1. The molecule has 2 atom stereocenters. The van der Waals surface area contributed by atoms with Gasteiger partial charge in [-0.15, -0.1) is 0 Å².